The average molecular weight is 189 g/mol. The molecule has 3 rings (SSSR count). The number of hydrogen-bond donors (Lipinski definition) is 0. The number of ether oxygens (including phenoxy) is 2. The van der Waals surface area contributed by atoms with E-state index in [9.17, 15) is 4.79 Å². The van der Waals surface area contributed by atoms with E-state index in [1.54, 1.807) is 6.08 Å². The summed E-state index contributed by atoms with van der Waals surface area (Å²) in [4.78, 5) is 15.1. The van der Waals surface area contributed by atoms with Gasteiger partial charge < -0.3 is 9.47 Å². The van der Waals surface area contributed by atoms with Crippen LogP contribution in [-0.4, -0.2) is 18.9 Å². The minimum absolute atomic E-state index is 0.152. The Morgan fingerprint density at radius 1 is 1.36 bits per heavy atom. The van der Waals surface area contributed by atoms with Crippen LogP contribution < -0.4 is 0 Å². The van der Waals surface area contributed by atoms with Crippen LogP contribution in [0.3, 0.4) is 0 Å². The summed E-state index contributed by atoms with van der Waals surface area (Å²) in [6.07, 6.45) is 6.91. The monoisotopic (exact) mass is 189 g/mol. The first kappa shape index (κ1) is 7.55. The lowest BCUT2D eigenvalue weighted by Gasteiger charge is -2.17. The molecule has 4 heteroatoms. The molecule has 1 amide bonds. The van der Waals surface area contributed by atoms with Gasteiger partial charge in [-0.1, -0.05) is 0 Å². The summed E-state index contributed by atoms with van der Waals surface area (Å²) >= 11 is 0. The van der Waals surface area contributed by atoms with Crippen LogP contribution in [0.5, 0.6) is 0 Å². The number of rotatable bonds is 0. The summed E-state index contributed by atoms with van der Waals surface area (Å²) in [7, 11) is 0. The van der Waals surface area contributed by atoms with E-state index in [0.29, 0.717) is 11.5 Å². The van der Waals surface area contributed by atoms with Gasteiger partial charge in [-0.3, -0.25) is 4.79 Å². The van der Waals surface area contributed by atoms with Gasteiger partial charge in [0, 0.05) is 6.21 Å². The topological polar surface area (TPSA) is 47.9 Å². The minimum Gasteiger partial charge on any atom is -0.454 e. The maximum absolute atomic E-state index is 11.4. The Morgan fingerprint density at radius 3 is 3.14 bits per heavy atom. The van der Waals surface area contributed by atoms with Crippen LogP contribution in [0.1, 0.15) is 0 Å². The molecule has 3 aliphatic rings. The van der Waals surface area contributed by atoms with Crippen LogP contribution in [-0.2, 0) is 14.3 Å². The number of allylic oxidation sites excluding steroid dienone is 2. The third-order valence-electron chi connectivity index (χ3n) is 2.38. The van der Waals surface area contributed by atoms with Crippen molar-refractivity contribution >= 4 is 12.1 Å². The van der Waals surface area contributed by atoms with Gasteiger partial charge in [0.15, 0.2) is 11.5 Å². The zero-order valence-corrected chi connectivity index (χ0v) is 7.27. The van der Waals surface area contributed by atoms with Crippen molar-refractivity contribution in [2.45, 2.75) is 0 Å². The van der Waals surface area contributed by atoms with Crippen molar-refractivity contribution < 1.29 is 14.3 Å². The van der Waals surface area contributed by atoms with Gasteiger partial charge in [0.25, 0.3) is 5.91 Å². The molecule has 0 aromatic rings. The molecular formula is C10H7NO3. The molecule has 0 N–H and O–H groups in total. The van der Waals surface area contributed by atoms with Crippen LogP contribution in [0.4, 0.5) is 0 Å². The first-order chi connectivity index (χ1) is 6.84. The number of carbonyl (C=O) groups excluding carboxylic acids is 1. The van der Waals surface area contributed by atoms with Crippen LogP contribution in [0.2, 0.25) is 0 Å². The summed E-state index contributed by atoms with van der Waals surface area (Å²) in [6.45, 7) is 0.229. The number of amides is 1. The Bertz CT molecular complexity index is 429. The maximum atomic E-state index is 11.4. The predicted octanol–water partition coefficient (Wildman–Crippen LogP) is 0.926. The summed E-state index contributed by atoms with van der Waals surface area (Å²) in [6, 6.07) is 0. The molecule has 1 unspecified atom stereocenters. The van der Waals surface area contributed by atoms with Gasteiger partial charge in [0.1, 0.15) is 0 Å². The summed E-state index contributed by atoms with van der Waals surface area (Å²) in [5.41, 5.74) is 0.911. The van der Waals surface area contributed by atoms with E-state index in [2.05, 4.69) is 4.99 Å². The third kappa shape index (κ3) is 0.937. The molecule has 2 heterocycles. The Hall–Kier alpha value is -1.84. The standard InChI is InChI=1S/C10H7NO3/c12-10-7-4-9-8(13-5-14-9)3-6(7)1-2-11-10/h1-4,7H,5H2. The molecule has 0 aromatic carbocycles. The van der Waals surface area contributed by atoms with E-state index in [4.69, 9.17) is 9.47 Å². The number of dihydropyridines is 1. The molecule has 0 radical (unpaired) electrons. The highest BCUT2D eigenvalue weighted by Gasteiger charge is 2.30. The van der Waals surface area contributed by atoms with E-state index in [1.165, 1.54) is 6.21 Å². The zero-order chi connectivity index (χ0) is 9.54. The highest BCUT2D eigenvalue weighted by atomic mass is 16.7. The molecule has 4 nitrogen and oxygen atoms in total. The highest BCUT2D eigenvalue weighted by Crippen LogP contribution is 2.33. The lowest BCUT2D eigenvalue weighted by atomic mass is 9.91. The van der Waals surface area contributed by atoms with Crippen molar-refractivity contribution in [2.24, 2.45) is 10.9 Å². The zero-order valence-electron chi connectivity index (χ0n) is 7.27. The van der Waals surface area contributed by atoms with Gasteiger partial charge in [-0.25, -0.2) is 4.99 Å². The smallest absolute Gasteiger partial charge is 0.257 e. The van der Waals surface area contributed by atoms with Crippen molar-refractivity contribution in [3.8, 4) is 0 Å². The number of carbonyl (C=O) groups is 1. The molecule has 0 spiro atoms. The molecule has 70 valence electrons. The number of hydrogen-bond acceptors (Lipinski definition) is 3. The van der Waals surface area contributed by atoms with E-state index in [-0.39, 0.29) is 18.6 Å². The quantitative estimate of drug-likeness (QED) is 0.569. The Labute approximate surface area is 80.2 Å². The van der Waals surface area contributed by atoms with Crippen molar-refractivity contribution in [1.82, 2.24) is 0 Å². The first-order valence-electron chi connectivity index (χ1n) is 4.32. The van der Waals surface area contributed by atoms with Crippen molar-refractivity contribution in [3.63, 3.8) is 0 Å². The van der Waals surface area contributed by atoms with Crippen LogP contribution in [0.15, 0.2) is 40.3 Å². The number of nitrogens with zero attached hydrogens (tertiary/aromatic N) is 1. The largest absolute Gasteiger partial charge is 0.454 e. The second-order valence-electron chi connectivity index (χ2n) is 3.21. The Morgan fingerprint density at radius 2 is 2.21 bits per heavy atom. The second-order valence-corrected chi connectivity index (χ2v) is 3.21. The fourth-order valence-electron chi connectivity index (χ4n) is 1.67. The van der Waals surface area contributed by atoms with E-state index in [1.807, 2.05) is 12.2 Å². The SMILES string of the molecule is O=C1N=CC=C2C=C3OCOC3=CC12. The van der Waals surface area contributed by atoms with Gasteiger partial charge in [-0.05, 0) is 23.8 Å². The normalized spacial score (nSPS) is 27.9. The van der Waals surface area contributed by atoms with Gasteiger partial charge in [0.05, 0.1) is 5.92 Å². The van der Waals surface area contributed by atoms with Gasteiger partial charge in [0.2, 0.25) is 6.79 Å². The summed E-state index contributed by atoms with van der Waals surface area (Å²) in [5.74, 6) is 0.912. The molecular weight excluding hydrogens is 182 g/mol. The molecule has 1 saturated heterocycles. The molecule has 0 aromatic heterocycles. The lowest BCUT2D eigenvalue weighted by Crippen LogP contribution is -2.18. The summed E-state index contributed by atoms with van der Waals surface area (Å²) in [5, 5.41) is 0. The molecule has 1 fully saturated rings. The molecule has 14 heavy (non-hydrogen) atoms. The minimum atomic E-state index is -0.291. The van der Waals surface area contributed by atoms with E-state index in [0.717, 1.165) is 5.57 Å². The van der Waals surface area contributed by atoms with Crippen molar-refractivity contribution in [2.75, 3.05) is 6.79 Å². The lowest BCUT2D eigenvalue weighted by molar-refractivity contribution is -0.119. The molecule has 0 saturated carbocycles. The first-order valence-corrected chi connectivity index (χ1v) is 4.32. The van der Waals surface area contributed by atoms with Crippen LogP contribution in [0, 0.1) is 5.92 Å². The van der Waals surface area contributed by atoms with Crippen LogP contribution >= 0.6 is 0 Å². The highest BCUT2D eigenvalue weighted by molar-refractivity contribution is 5.98. The van der Waals surface area contributed by atoms with Crippen molar-refractivity contribution in [1.29, 1.82) is 0 Å². The number of aliphatic imine (C=N–C) groups is 1. The average Bonchev–Trinajstić information content (AvgIpc) is 2.62. The van der Waals surface area contributed by atoms with E-state index < -0.39 is 0 Å². The molecule has 0 bridgehead atoms. The second kappa shape index (κ2) is 2.57. The van der Waals surface area contributed by atoms with Crippen LogP contribution in [0.25, 0.3) is 0 Å². The van der Waals surface area contributed by atoms with Gasteiger partial charge in [-0.15, -0.1) is 0 Å². The fraction of sp³-hybridized carbons (Fsp3) is 0.200. The van der Waals surface area contributed by atoms with E-state index >= 15 is 0 Å². The number of fused-ring (bicyclic) bond motifs is 2. The fourth-order valence-corrected chi connectivity index (χ4v) is 1.67. The summed E-state index contributed by atoms with van der Waals surface area (Å²) < 4.78 is 10.4. The molecule has 1 aliphatic carbocycles. The van der Waals surface area contributed by atoms with Gasteiger partial charge >= 0.3 is 0 Å². The molecule has 1 atom stereocenters. The van der Waals surface area contributed by atoms with Gasteiger partial charge in [-0.2, -0.15) is 0 Å². The predicted molar refractivity (Wildman–Crippen MR) is 48.3 cm³/mol. The maximum Gasteiger partial charge on any atom is 0.257 e. The third-order valence-corrected chi connectivity index (χ3v) is 2.38. The van der Waals surface area contributed by atoms with Crippen molar-refractivity contribution in [3.05, 3.63) is 35.3 Å². The Balaban J connectivity index is 2.09. The molecule has 2 aliphatic heterocycles. The Kier molecular flexibility index (Phi) is 1.39.